The minimum atomic E-state index is -0.661. The summed E-state index contributed by atoms with van der Waals surface area (Å²) in [5, 5.41) is 13.4. The van der Waals surface area contributed by atoms with Gasteiger partial charge in [-0.1, -0.05) is 25.7 Å². The Hall–Kier alpha value is -0.610. The Morgan fingerprint density at radius 3 is 2.16 bits per heavy atom. The predicted octanol–water partition coefficient (Wildman–Crippen LogP) is 1.85. The highest BCUT2D eigenvalue weighted by Crippen LogP contribution is 2.37. The van der Waals surface area contributed by atoms with Gasteiger partial charge in [-0.05, 0) is 44.7 Å². The molecule has 1 unspecified atom stereocenters. The molecule has 0 amide bonds. The molecule has 3 aliphatic heterocycles. The Morgan fingerprint density at radius 1 is 1.05 bits per heavy atom. The summed E-state index contributed by atoms with van der Waals surface area (Å²) in [7, 11) is 0. The maximum absolute atomic E-state index is 11.9. The lowest BCUT2D eigenvalue weighted by atomic mass is 9.72. The molecule has 1 saturated carbocycles. The molecule has 2 N–H and O–H groups in total. The molecule has 4 nitrogen and oxygen atoms in total. The topological polar surface area (TPSA) is 52.6 Å². The third-order valence-corrected chi connectivity index (χ3v) is 5.46. The van der Waals surface area contributed by atoms with E-state index in [1.165, 1.54) is 25.7 Å². The Balaban J connectivity index is 1.75. The third-order valence-electron chi connectivity index (χ3n) is 5.46. The molecule has 108 valence electrons. The zero-order chi connectivity index (χ0) is 13.3. The number of nitrogens with one attached hydrogen (secondary N) is 1. The highest BCUT2D eigenvalue weighted by atomic mass is 16.4. The molecule has 1 atom stereocenters. The van der Waals surface area contributed by atoms with Crippen molar-refractivity contribution in [2.75, 3.05) is 19.6 Å². The van der Waals surface area contributed by atoms with Gasteiger partial charge in [-0.3, -0.25) is 10.1 Å². The summed E-state index contributed by atoms with van der Waals surface area (Å²) in [6, 6.07) is 0.416. The molecule has 0 aromatic carbocycles. The van der Waals surface area contributed by atoms with Crippen molar-refractivity contribution in [3.63, 3.8) is 0 Å². The number of nitrogens with zero attached hydrogens (tertiary/aromatic N) is 1. The first kappa shape index (κ1) is 13.4. The second-order valence-corrected chi connectivity index (χ2v) is 6.66. The van der Waals surface area contributed by atoms with Gasteiger partial charge in [0.25, 0.3) is 0 Å². The van der Waals surface area contributed by atoms with Crippen molar-refractivity contribution in [2.45, 2.75) is 62.9 Å². The van der Waals surface area contributed by atoms with Crippen LogP contribution in [-0.4, -0.2) is 47.2 Å². The number of carbonyl (C=O) groups is 1. The van der Waals surface area contributed by atoms with Gasteiger partial charge in [0.05, 0.1) is 0 Å². The van der Waals surface area contributed by atoms with Crippen molar-refractivity contribution in [1.82, 2.24) is 10.2 Å². The molecule has 3 heterocycles. The fourth-order valence-corrected chi connectivity index (χ4v) is 4.32. The lowest BCUT2D eigenvalue weighted by Crippen LogP contribution is -2.71. The van der Waals surface area contributed by atoms with Crippen molar-refractivity contribution < 1.29 is 9.90 Å². The van der Waals surface area contributed by atoms with Crippen LogP contribution in [0.3, 0.4) is 0 Å². The second-order valence-electron chi connectivity index (χ2n) is 6.66. The normalized spacial score (nSPS) is 40.0. The van der Waals surface area contributed by atoms with Crippen LogP contribution in [0.25, 0.3) is 0 Å². The van der Waals surface area contributed by atoms with Gasteiger partial charge in [0.1, 0.15) is 5.54 Å². The summed E-state index contributed by atoms with van der Waals surface area (Å²) in [4.78, 5) is 14.3. The molecular weight excluding hydrogens is 240 g/mol. The van der Waals surface area contributed by atoms with Gasteiger partial charge in [-0.25, -0.2) is 0 Å². The van der Waals surface area contributed by atoms with E-state index in [1.807, 2.05) is 0 Å². The van der Waals surface area contributed by atoms with E-state index in [0.717, 1.165) is 38.8 Å². The average Bonchev–Trinajstić information content (AvgIpc) is 2.68. The first-order chi connectivity index (χ1) is 9.21. The summed E-state index contributed by atoms with van der Waals surface area (Å²) in [6.07, 6.45) is 9.53. The van der Waals surface area contributed by atoms with Gasteiger partial charge in [0.2, 0.25) is 0 Å². The van der Waals surface area contributed by atoms with Gasteiger partial charge in [0, 0.05) is 12.6 Å². The van der Waals surface area contributed by atoms with E-state index in [1.54, 1.807) is 0 Å². The highest BCUT2D eigenvalue weighted by Gasteiger charge is 2.52. The first-order valence-corrected chi connectivity index (χ1v) is 7.94. The zero-order valence-electron chi connectivity index (χ0n) is 11.7. The van der Waals surface area contributed by atoms with Crippen LogP contribution in [0.1, 0.15) is 51.4 Å². The molecule has 0 aromatic rings. The largest absolute Gasteiger partial charge is 0.480 e. The van der Waals surface area contributed by atoms with E-state index in [9.17, 15) is 9.90 Å². The van der Waals surface area contributed by atoms with Crippen LogP contribution in [0.2, 0.25) is 0 Å². The Labute approximate surface area is 115 Å². The van der Waals surface area contributed by atoms with Crippen LogP contribution in [0, 0.1) is 5.92 Å². The maximum atomic E-state index is 11.9. The van der Waals surface area contributed by atoms with E-state index in [0.29, 0.717) is 18.5 Å². The van der Waals surface area contributed by atoms with Crippen LogP contribution in [0.5, 0.6) is 0 Å². The van der Waals surface area contributed by atoms with Crippen molar-refractivity contribution in [3.05, 3.63) is 0 Å². The van der Waals surface area contributed by atoms with E-state index in [2.05, 4.69) is 10.2 Å². The molecule has 2 bridgehead atoms. The zero-order valence-corrected chi connectivity index (χ0v) is 11.7. The van der Waals surface area contributed by atoms with E-state index in [4.69, 9.17) is 0 Å². The lowest BCUT2D eigenvalue weighted by molar-refractivity contribution is -0.155. The minimum Gasteiger partial charge on any atom is -0.480 e. The molecule has 0 aromatic heterocycles. The van der Waals surface area contributed by atoms with Crippen LogP contribution in [-0.2, 0) is 4.79 Å². The third kappa shape index (κ3) is 2.52. The molecular formula is C15H26N2O2. The minimum absolute atomic E-state index is 0.332. The number of hydrogen-bond acceptors (Lipinski definition) is 3. The number of rotatable bonds is 3. The Morgan fingerprint density at radius 2 is 1.68 bits per heavy atom. The second kappa shape index (κ2) is 5.41. The number of carboxylic acid groups (broad SMARTS) is 1. The van der Waals surface area contributed by atoms with E-state index >= 15 is 0 Å². The van der Waals surface area contributed by atoms with E-state index < -0.39 is 11.5 Å². The number of aliphatic carboxylic acids is 1. The van der Waals surface area contributed by atoms with Crippen LogP contribution in [0.4, 0.5) is 0 Å². The van der Waals surface area contributed by atoms with Crippen molar-refractivity contribution in [2.24, 2.45) is 5.92 Å². The van der Waals surface area contributed by atoms with Crippen LogP contribution < -0.4 is 5.32 Å². The standard InChI is InChI=1S/C15H26N2O2/c18-14(19)15(11-17-9-7-12(15)8-10-17)16-13-5-3-1-2-4-6-13/h12-13,16H,1-11H2,(H,18,19). The van der Waals surface area contributed by atoms with Crippen molar-refractivity contribution in [1.29, 1.82) is 0 Å². The number of piperidine rings is 3. The lowest BCUT2D eigenvalue weighted by Gasteiger charge is -2.52. The van der Waals surface area contributed by atoms with Crippen molar-refractivity contribution >= 4 is 5.97 Å². The number of fused-ring (bicyclic) bond motifs is 3. The highest BCUT2D eigenvalue weighted by molar-refractivity contribution is 5.80. The predicted molar refractivity (Wildman–Crippen MR) is 74.2 cm³/mol. The first-order valence-electron chi connectivity index (χ1n) is 7.94. The van der Waals surface area contributed by atoms with Crippen molar-refractivity contribution in [3.8, 4) is 0 Å². The van der Waals surface area contributed by atoms with Crippen LogP contribution >= 0.6 is 0 Å². The van der Waals surface area contributed by atoms with Gasteiger partial charge in [0.15, 0.2) is 0 Å². The summed E-state index contributed by atoms with van der Waals surface area (Å²) < 4.78 is 0. The van der Waals surface area contributed by atoms with Gasteiger partial charge in [-0.15, -0.1) is 0 Å². The molecule has 4 fully saturated rings. The fraction of sp³-hybridized carbons (Fsp3) is 0.933. The van der Waals surface area contributed by atoms with E-state index in [-0.39, 0.29) is 0 Å². The Kier molecular flexibility index (Phi) is 3.81. The quantitative estimate of drug-likeness (QED) is 0.766. The molecule has 4 aliphatic rings. The molecule has 4 rings (SSSR count). The summed E-state index contributed by atoms with van der Waals surface area (Å²) in [5.74, 6) is -0.288. The monoisotopic (exact) mass is 266 g/mol. The molecule has 3 saturated heterocycles. The molecule has 0 spiro atoms. The molecule has 1 aliphatic carbocycles. The average molecular weight is 266 g/mol. The smallest absolute Gasteiger partial charge is 0.325 e. The Bertz CT molecular complexity index is 331. The van der Waals surface area contributed by atoms with Gasteiger partial charge < -0.3 is 10.0 Å². The molecule has 19 heavy (non-hydrogen) atoms. The summed E-state index contributed by atoms with van der Waals surface area (Å²) in [6.45, 7) is 2.89. The van der Waals surface area contributed by atoms with Gasteiger partial charge in [-0.2, -0.15) is 0 Å². The number of carboxylic acids is 1. The molecule has 4 heteroatoms. The molecule has 0 radical (unpaired) electrons. The summed E-state index contributed by atoms with van der Waals surface area (Å²) in [5.41, 5.74) is -0.661. The van der Waals surface area contributed by atoms with Crippen LogP contribution in [0.15, 0.2) is 0 Å². The number of hydrogen-bond donors (Lipinski definition) is 2. The van der Waals surface area contributed by atoms with Gasteiger partial charge >= 0.3 is 5.97 Å². The summed E-state index contributed by atoms with van der Waals surface area (Å²) >= 11 is 0. The SMILES string of the molecule is O=C(O)C1(NC2CCCCCC2)CN2CCC1CC2. The maximum Gasteiger partial charge on any atom is 0.325 e. The fourth-order valence-electron chi connectivity index (χ4n) is 4.32.